The Kier molecular flexibility index (Phi) is 7.97. The first-order valence-electron chi connectivity index (χ1n) is 5.45. The highest BCUT2D eigenvalue weighted by Gasteiger charge is 2.18. The third kappa shape index (κ3) is 8.08. The maximum Gasteiger partial charge on any atom is 0.322 e. The first-order chi connectivity index (χ1) is 9.23. The van der Waals surface area contributed by atoms with E-state index in [1.54, 1.807) is 0 Å². The van der Waals surface area contributed by atoms with Gasteiger partial charge in [-0.2, -0.15) is 12.6 Å². The molecule has 0 aromatic rings. The zero-order valence-corrected chi connectivity index (χ0v) is 11.5. The van der Waals surface area contributed by atoms with Crippen molar-refractivity contribution in [3.8, 4) is 0 Å². The lowest BCUT2D eigenvalue weighted by Gasteiger charge is -2.09. The minimum Gasteiger partial charge on any atom is -0.480 e. The lowest BCUT2D eigenvalue weighted by molar-refractivity contribution is -0.138. The second kappa shape index (κ2) is 8.91. The van der Waals surface area contributed by atoms with Gasteiger partial charge in [-0.25, -0.2) is 0 Å². The monoisotopic (exact) mass is 305 g/mol. The van der Waals surface area contributed by atoms with Gasteiger partial charge in [0.25, 0.3) is 0 Å². The number of thiol groups is 1. The molecule has 0 saturated carbocycles. The first kappa shape index (κ1) is 17.9. The summed E-state index contributed by atoms with van der Waals surface area (Å²) in [6.07, 6.45) is 0. The van der Waals surface area contributed by atoms with Crippen LogP contribution in [-0.2, 0) is 24.0 Å². The number of rotatable bonds is 8. The molecular formula is C10H15N3O6S. The summed E-state index contributed by atoms with van der Waals surface area (Å²) in [6.45, 7) is -0.204. The summed E-state index contributed by atoms with van der Waals surface area (Å²) in [5.41, 5.74) is 0. The summed E-state index contributed by atoms with van der Waals surface area (Å²) in [5.74, 6) is -3.72. The van der Waals surface area contributed by atoms with Gasteiger partial charge >= 0.3 is 5.97 Å². The van der Waals surface area contributed by atoms with Crippen molar-refractivity contribution < 1.29 is 29.1 Å². The van der Waals surface area contributed by atoms with Gasteiger partial charge < -0.3 is 21.1 Å². The normalized spacial score (nSPS) is 11.1. The molecule has 3 amide bonds. The average molecular weight is 305 g/mol. The molecule has 0 aliphatic carbocycles. The van der Waals surface area contributed by atoms with Gasteiger partial charge in [-0.1, -0.05) is 0 Å². The molecule has 0 radical (unpaired) electrons. The molecule has 9 nitrogen and oxygen atoms in total. The molecule has 0 fully saturated rings. The Morgan fingerprint density at radius 3 is 1.85 bits per heavy atom. The molecule has 1 atom stereocenters. The van der Waals surface area contributed by atoms with Crippen LogP contribution in [0.2, 0.25) is 0 Å². The van der Waals surface area contributed by atoms with Crippen LogP contribution in [0.4, 0.5) is 0 Å². The molecule has 20 heavy (non-hydrogen) atoms. The summed E-state index contributed by atoms with van der Waals surface area (Å²) in [7, 11) is 0. The number of carbonyl (C=O) groups excluding carboxylic acids is 4. The molecular weight excluding hydrogens is 290 g/mol. The van der Waals surface area contributed by atoms with Gasteiger partial charge in [0.15, 0.2) is 5.78 Å². The van der Waals surface area contributed by atoms with Crippen molar-refractivity contribution in [3.05, 3.63) is 0 Å². The molecule has 0 aromatic heterocycles. The lowest BCUT2D eigenvalue weighted by atomic mass is 10.3. The maximum atomic E-state index is 11.3. The predicted molar refractivity (Wildman–Crippen MR) is 70.1 cm³/mol. The third-order valence-corrected chi connectivity index (χ3v) is 2.54. The molecule has 0 spiro atoms. The van der Waals surface area contributed by atoms with Gasteiger partial charge in [-0.3, -0.25) is 24.0 Å². The topological polar surface area (TPSA) is 142 Å². The fourth-order valence-corrected chi connectivity index (χ4v) is 1.02. The van der Waals surface area contributed by atoms with Gasteiger partial charge in [0.05, 0.1) is 13.1 Å². The van der Waals surface area contributed by atoms with Crippen LogP contribution >= 0.6 is 12.6 Å². The van der Waals surface area contributed by atoms with Crippen molar-refractivity contribution in [2.24, 2.45) is 0 Å². The average Bonchev–Trinajstić information content (AvgIpc) is 2.38. The van der Waals surface area contributed by atoms with Crippen LogP contribution in [0.15, 0.2) is 0 Å². The molecule has 4 N–H and O–H groups in total. The number of ketones is 1. The smallest absolute Gasteiger partial charge is 0.322 e. The number of Topliss-reactive ketones (excluding diaryl/α,β-unsaturated/α-hetero) is 1. The van der Waals surface area contributed by atoms with Crippen molar-refractivity contribution in [1.82, 2.24) is 16.0 Å². The Morgan fingerprint density at radius 1 is 0.950 bits per heavy atom. The van der Waals surface area contributed by atoms with Gasteiger partial charge in [0.1, 0.15) is 11.8 Å². The summed E-state index contributed by atoms with van der Waals surface area (Å²) >= 11 is 3.74. The minimum absolute atomic E-state index is 0.418. The van der Waals surface area contributed by atoms with Crippen LogP contribution in [0, 0.1) is 0 Å². The van der Waals surface area contributed by atoms with E-state index in [4.69, 9.17) is 5.11 Å². The molecule has 0 heterocycles. The van der Waals surface area contributed by atoms with Crippen molar-refractivity contribution in [1.29, 1.82) is 0 Å². The van der Waals surface area contributed by atoms with Crippen LogP contribution in [-0.4, -0.2) is 59.5 Å². The summed E-state index contributed by atoms with van der Waals surface area (Å²) in [6, 6.07) is 0. The molecule has 1 unspecified atom stereocenters. The van der Waals surface area contributed by atoms with Crippen LogP contribution < -0.4 is 16.0 Å². The number of carbonyl (C=O) groups is 5. The Labute approximate surface area is 119 Å². The van der Waals surface area contributed by atoms with Crippen LogP contribution in [0.1, 0.15) is 6.92 Å². The van der Waals surface area contributed by atoms with E-state index >= 15 is 0 Å². The minimum atomic E-state index is -1.21. The van der Waals surface area contributed by atoms with Crippen molar-refractivity contribution in [3.63, 3.8) is 0 Å². The van der Waals surface area contributed by atoms with E-state index in [9.17, 15) is 24.0 Å². The molecule has 0 aliphatic heterocycles. The number of carboxylic acids is 1. The van der Waals surface area contributed by atoms with E-state index in [0.717, 1.165) is 0 Å². The number of aliphatic carboxylic acids is 1. The molecule has 0 aromatic carbocycles. The lowest BCUT2D eigenvalue weighted by Crippen LogP contribution is -2.45. The molecule has 0 bridgehead atoms. The SMILES string of the molecule is CC(=O)C(S)C(=O)NCC(=O)NCC(=O)NCC(=O)O. The Balaban J connectivity index is 3.90. The standard InChI is InChI=1S/C10H15N3O6S/c1-5(14)9(20)10(19)13-3-7(16)11-2-6(15)12-4-8(17)18/h9,20H,2-4H2,1H3,(H,11,16)(H,12,15)(H,13,19)(H,17,18). The summed E-state index contributed by atoms with van der Waals surface area (Å²) < 4.78 is 0. The molecule has 0 rings (SSSR count). The molecule has 0 aliphatic rings. The molecule has 0 saturated heterocycles. The van der Waals surface area contributed by atoms with Gasteiger partial charge in [0.2, 0.25) is 17.7 Å². The highest BCUT2D eigenvalue weighted by molar-refractivity contribution is 7.82. The van der Waals surface area contributed by atoms with Crippen molar-refractivity contribution >= 4 is 42.1 Å². The van der Waals surface area contributed by atoms with E-state index in [1.165, 1.54) is 6.92 Å². The van der Waals surface area contributed by atoms with Gasteiger partial charge in [0, 0.05) is 0 Å². The highest BCUT2D eigenvalue weighted by atomic mass is 32.1. The van der Waals surface area contributed by atoms with E-state index in [-0.39, 0.29) is 0 Å². The van der Waals surface area contributed by atoms with Crippen LogP contribution in [0.25, 0.3) is 0 Å². The Bertz CT molecular complexity index is 425. The van der Waals surface area contributed by atoms with E-state index in [0.29, 0.717) is 0 Å². The third-order valence-electron chi connectivity index (χ3n) is 1.94. The van der Waals surface area contributed by atoms with Crippen molar-refractivity contribution in [2.45, 2.75) is 12.2 Å². The summed E-state index contributed by atoms with van der Waals surface area (Å²) in [5, 5.41) is 13.5. The maximum absolute atomic E-state index is 11.3. The van der Waals surface area contributed by atoms with Gasteiger partial charge in [-0.15, -0.1) is 0 Å². The zero-order valence-electron chi connectivity index (χ0n) is 10.6. The van der Waals surface area contributed by atoms with Crippen LogP contribution in [0.3, 0.4) is 0 Å². The summed E-state index contributed by atoms with van der Waals surface area (Å²) in [4.78, 5) is 54.6. The number of nitrogens with one attached hydrogen (secondary N) is 3. The Hall–Kier alpha value is -2.10. The van der Waals surface area contributed by atoms with E-state index in [2.05, 4.69) is 23.3 Å². The Morgan fingerprint density at radius 2 is 1.40 bits per heavy atom. The fourth-order valence-electron chi connectivity index (χ4n) is 0.927. The highest BCUT2D eigenvalue weighted by Crippen LogP contribution is 1.95. The number of amides is 3. The molecule has 10 heteroatoms. The second-order valence-electron chi connectivity index (χ2n) is 3.68. The van der Waals surface area contributed by atoms with E-state index in [1.807, 2.05) is 5.32 Å². The largest absolute Gasteiger partial charge is 0.480 e. The quantitative estimate of drug-likeness (QED) is 0.244. The number of hydrogen-bond acceptors (Lipinski definition) is 6. The fraction of sp³-hybridized carbons (Fsp3) is 0.500. The molecule has 112 valence electrons. The number of carboxylic acid groups (broad SMARTS) is 1. The van der Waals surface area contributed by atoms with Crippen molar-refractivity contribution in [2.75, 3.05) is 19.6 Å². The van der Waals surface area contributed by atoms with Gasteiger partial charge in [-0.05, 0) is 6.92 Å². The predicted octanol–water partition coefficient (Wildman–Crippen LogP) is -2.69. The zero-order chi connectivity index (χ0) is 15.7. The second-order valence-corrected chi connectivity index (χ2v) is 4.19. The van der Waals surface area contributed by atoms with Crippen LogP contribution in [0.5, 0.6) is 0 Å². The first-order valence-corrected chi connectivity index (χ1v) is 5.97. The number of hydrogen-bond donors (Lipinski definition) is 5. The van der Waals surface area contributed by atoms with E-state index < -0.39 is 54.4 Å².